The number of ether oxygens (including phenoxy) is 1. The van der Waals surface area contributed by atoms with Crippen molar-refractivity contribution in [2.24, 2.45) is 0 Å². The topological polar surface area (TPSA) is 84.2 Å². The van der Waals surface area contributed by atoms with Crippen molar-refractivity contribution in [1.29, 1.82) is 0 Å². The summed E-state index contributed by atoms with van der Waals surface area (Å²) in [6, 6.07) is 0. The summed E-state index contributed by atoms with van der Waals surface area (Å²) in [6.07, 6.45) is 1.28. The second-order valence-corrected chi connectivity index (χ2v) is 3.33. The Morgan fingerprint density at radius 2 is 2.19 bits per heavy atom. The molecule has 0 bridgehead atoms. The van der Waals surface area contributed by atoms with Crippen LogP contribution < -0.4 is 16.0 Å². The fourth-order valence-corrected chi connectivity index (χ4v) is 1.32. The second-order valence-electron chi connectivity index (χ2n) is 3.33. The molecule has 0 aliphatic rings. The number of anilines is 1. The van der Waals surface area contributed by atoms with Crippen molar-refractivity contribution in [3.63, 3.8) is 0 Å². The van der Waals surface area contributed by atoms with Gasteiger partial charge in [0, 0.05) is 6.54 Å². The molecule has 0 radical (unpaired) electrons. The summed E-state index contributed by atoms with van der Waals surface area (Å²) in [5.41, 5.74) is 5.18. The lowest BCUT2D eigenvalue weighted by Crippen LogP contribution is -2.28. The Balaban J connectivity index is 2.49. The third-order valence-corrected chi connectivity index (χ3v) is 2.39. The van der Waals surface area contributed by atoms with E-state index in [0.29, 0.717) is 6.61 Å². The number of nitrogens with zero attached hydrogens (tertiary/aromatic N) is 2. The van der Waals surface area contributed by atoms with Gasteiger partial charge in [-0.15, -0.1) is 0 Å². The first-order valence-corrected chi connectivity index (χ1v) is 5.37. The molecule has 16 heavy (non-hydrogen) atoms. The summed E-state index contributed by atoms with van der Waals surface area (Å²) in [5, 5.41) is 0. The lowest BCUT2D eigenvalue weighted by atomic mass is 10.5. The number of H-pyrrole nitrogens is 1. The monoisotopic (exact) mass is 226 g/mol. The minimum atomic E-state index is -0.368. The van der Waals surface area contributed by atoms with Crippen LogP contribution in [-0.4, -0.2) is 41.1 Å². The average Bonchev–Trinajstić information content (AvgIpc) is 2.30. The Hall–Kier alpha value is -1.56. The molecular formula is C10H18N4O2. The van der Waals surface area contributed by atoms with E-state index in [-0.39, 0.29) is 17.1 Å². The van der Waals surface area contributed by atoms with Gasteiger partial charge in [0.2, 0.25) is 5.88 Å². The van der Waals surface area contributed by atoms with E-state index in [4.69, 9.17) is 10.5 Å². The standard InChI is InChI=1S/C10H18N4O2/c1-3-14(4-2)5-6-16-10-8(11)9(15)12-7-13-10/h7H,3-6,11H2,1-2H3,(H,12,13,15). The molecule has 1 rings (SSSR count). The average molecular weight is 226 g/mol. The Labute approximate surface area is 94.4 Å². The normalized spacial score (nSPS) is 10.7. The molecule has 0 saturated carbocycles. The zero-order valence-electron chi connectivity index (χ0n) is 9.69. The van der Waals surface area contributed by atoms with Crippen molar-refractivity contribution < 1.29 is 4.74 Å². The van der Waals surface area contributed by atoms with E-state index in [1.807, 2.05) is 0 Å². The third-order valence-electron chi connectivity index (χ3n) is 2.39. The minimum Gasteiger partial charge on any atom is -0.475 e. The van der Waals surface area contributed by atoms with E-state index < -0.39 is 0 Å². The minimum absolute atomic E-state index is 0.0297. The van der Waals surface area contributed by atoms with Gasteiger partial charge in [0.15, 0.2) is 5.69 Å². The predicted molar refractivity (Wildman–Crippen MR) is 62.6 cm³/mol. The lowest BCUT2D eigenvalue weighted by Gasteiger charge is -2.17. The number of nitrogen functional groups attached to an aromatic ring is 1. The molecule has 90 valence electrons. The SMILES string of the molecule is CCN(CC)CCOc1nc[nH]c(=O)c1N. The summed E-state index contributed by atoms with van der Waals surface area (Å²) in [7, 11) is 0. The molecular weight excluding hydrogens is 208 g/mol. The smallest absolute Gasteiger partial charge is 0.277 e. The van der Waals surface area contributed by atoms with Crippen LogP contribution in [0.25, 0.3) is 0 Å². The highest BCUT2D eigenvalue weighted by molar-refractivity contribution is 5.44. The van der Waals surface area contributed by atoms with Crippen LogP contribution in [0.3, 0.4) is 0 Å². The molecule has 0 amide bonds. The zero-order valence-corrected chi connectivity index (χ0v) is 9.69. The fourth-order valence-electron chi connectivity index (χ4n) is 1.32. The summed E-state index contributed by atoms with van der Waals surface area (Å²) in [6.45, 7) is 7.38. The van der Waals surface area contributed by atoms with Gasteiger partial charge in [-0.2, -0.15) is 0 Å². The van der Waals surface area contributed by atoms with Crippen molar-refractivity contribution in [3.05, 3.63) is 16.7 Å². The number of hydrogen-bond acceptors (Lipinski definition) is 5. The molecule has 1 aromatic rings. The molecule has 1 aromatic heterocycles. The molecule has 1 heterocycles. The molecule has 0 atom stereocenters. The fraction of sp³-hybridized carbons (Fsp3) is 0.600. The predicted octanol–water partition coefficient (Wildman–Crippen LogP) is 0.0727. The summed E-state index contributed by atoms with van der Waals surface area (Å²) in [5.74, 6) is 0.205. The highest BCUT2D eigenvalue weighted by Gasteiger charge is 2.06. The maximum Gasteiger partial charge on any atom is 0.277 e. The highest BCUT2D eigenvalue weighted by atomic mass is 16.5. The largest absolute Gasteiger partial charge is 0.475 e. The molecule has 3 N–H and O–H groups in total. The third kappa shape index (κ3) is 3.23. The van der Waals surface area contributed by atoms with Gasteiger partial charge >= 0.3 is 0 Å². The Morgan fingerprint density at radius 1 is 1.50 bits per heavy atom. The van der Waals surface area contributed by atoms with Crippen molar-refractivity contribution in [2.45, 2.75) is 13.8 Å². The molecule has 0 aromatic carbocycles. The summed E-state index contributed by atoms with van der Waals surface area (Å²) in [4.78, 5) is 19.6. The molecule has 0 fully saturated rings. The number of nitrogens with two attached hydrogens (primary N) is 1. The van der Waals surface area contributed by atoms with E-state index in [1.165, 1.54) is 6.33 Å². The molecule has 0 unspecified atom stereocenters. The number of aromatic nitrogens is 2. The second kappa shape index (κ2) is 6.12. The van der Waals surface area contributed by atoms with Gasteiger partial charge in [0.1, 0.15) is 6.61 Å². The van der Waals surface area contributed by atoms with Crippen molar-refractivity contribution in [1.82, 2.24) is 14.9 Å². The first-order valence-electron chi connectivity index (χ1n) is 5.37. The van der Waals surface area contributed by atoms with Crippen LogP contribution in [0.2, 0.25) is 0 Å². The molecule has 6 heteroatoms. The number of nitrogens with one attached hydrogen (secondary N) is 1. The molecule has 0 saturated heterocycles. The Morgan fingerprint density at radius 3 is 2.81 bits per heavy atom. The van der Waals surface area contributed by atoms with E-state index >= 15 is 0 Å². The van der Waals surface area contributed by atoms with Crippen LogP contribution in [0, 0.1) is 0 Å². The van der Waals surface area contributed by atoms with Gasteiger partial charge in [-0.25, -0.2) is 4.98 Å². The number of rotatable bonds is 6. The van der Waals surface area contributed by atoms with Crippen LogP contribution in [0.4, 0.5) is 5.69 Å². The molecule has 0 aliphatic heterocycles. The van der Waals surface area contributed by atoms with Crippen LogP contribution in [-0.2, 0) is 0 Å². The van der Waals surface area contributed by atoms with Gasteiger partial charge in [-0.1, -0.05) is 13.8 Å². The molecule has 0 aliphatic carbocycles. The van der Waals surface area contributed by atoms with E-state index in [0.717, 1.165) is 19.6 Å². The van der Waals surface area contributed by atoms with Crippen molar-refractivity contribution in [2.75, 3.05) is 32.0 Å². The first-order chi connectivity index (χ1) is 7.69. The van der Waals surface area contributed by atoms with Gasteiger partial charge < -0.3 is 20.4 Å². The first kappa shape index (κ1) is 12.5. The Kier molecular flexibility index (Phi) is 4.78. The maximum absolute atomic E-state index is 11.1. The Bertz CT molecular complexity index is 373. The van der Waals surface area contributed by atoms with E-state index in [9.17, 15) is 4.79 Å². The quantitative estimate of drug-likeness (QED) is 0.717. The number of hydrogen-bond donors (Lipinski definition) is 2. The summed E-state index contributed by atoms with van der Waals surface area (Å²) < 4.78 is 5.35. The summed E-state index contributed by atoms with van der Waals surface area (Å²) >= 11 is 0. The van der Waals surface area contributed by atoms with Gasteiger partial charge in [-0.05, 0) is 13.1 Å². The van der Waals surface area contributed by atoms with E-state index in [1.54, 1.807) is 0 Å². The molecule has 6 nitrogen and oxygen atoms in total. The highest BCUT2D eigenvalue weighted by Crippen LogP contribution is 2.10. The van der Waals surface area contributed by atoms with Crippen LogP contribution >= 0.6 is 0 Å². The van der Waals surface area contributed by atoms with Crippen molar-refractivity contribution >= 4 is 5.69 Å². The van der Waals surface area contributed by atoms with Crippen LogP contribution in [0.15, 0.2) is 11.1 Å². The van der Waals surface area contributed by atoms with Gasteiger partial charge in [0.05, 0.1) is 6.33 Å². The number of likely N-dealkylation sites (N-methyl/N-ethyl adjacent to an activating group) is 1. The van der Waals surface area contributed by atoms with Gasteiger partial charge in [0.25, 0.3) is 5.56 Å². The lowest BCUT2D eigenvalue weighted by molar-refractivity contribution is 0.218. The number of aromatic amines is 1. The van der Waals surface area contributed by atoms with E-state index in [2.05, 4.69) is 28.7 Å². The van der Waals surface area contributed by atoms with Gasteiger partial charge in [-0.3, -0.25) is 4.79 Å². The van der Waals surface area contributed by atoms with Crippen LogP contribution in [0.1, 0.15) is 13.8 Å². The van der Waals surface area contributed by atoms with Crippen molar-refractivity contribution in [3.8, 4) is 5.88 Å². The maximum atomic E-state index is 11.1. The zero-order chi connectivity index (χ0) is 12.0. The molecule has 0 spiro atoms. The van der Waals surface area contributed by atoms with Crippen LogP contribution in [0.5, 0.6) is 5.88 Å².